The second kappa shape index (κ2) is 8.10. The predicted molar refractivity (Wildman–Crippen MR) is 111 cm³/mol. The SMILES string of the molecule is COc1ccc([C@@]2(C)NC(=O)N(CC(=O)Nc3cc(Cl)c(Cl)cc3Cl)C2=O)cc1. The number of benzene rings is 2. The molecule has 0 unspecified atom stereocenters. The van der Waals surface area contributed by atoms with Crippen molar-refractivity contribution in [3.05, 3.63) is 57.0 Å². The van der Waals surface area contributed by atoms with Crippen LogP contribution in [0.15, 0.2) is 36.4 Å². The number of rotatable bonds is 5. The summed E-state index contributed by atoms with van der Waals surface area (Å²) in [6.07, 6.45) is 0. The van der Waals surface area contributed by atoms with Crippen molar-refractivity contribution in [2.24, 2.45) is 0 Å². The Kier molecular flexibility index (Phi) is 5.93. The second-order valence-corrected chi connectivity index (χ2v) is 7.69. The van der Waals surface area contributed by atoms with Crippen molar-refractivity contribution < 1.29 is 19.1 Å². The minimum atomic E-state index is -1.30. The third-order valence-electron chi connectivity index (χ3n) is 4.53. The van der Waals surface area contributed by atoms with Gasteiger partial charge in [-0.2, -0.15) is 0 Å². The molecular formula is C19H16Cl3N3O4. The van der Waals surface area contributed by atoms with E-state index >= 15 is 0 Å². The Bertz CT molecular complexity index is 997. The Labute approximate surface area is 181 Å². The number of halogens is 3. The molecular weight excluding hydrogens is 441 g/mol. The van der Waals surface area contributed by atoms with Gasteiger partial charge in [-0.3, -0.25) is 14.5 Å². The zero-order chi connectivity index (χ0) is 21.3. The van der Waals surface area contributed by atoms with Gasteiger partial charge in [-0.15, -0.1) is 0 Å². The lowest BCUT2D eigenvalue weighted by Gasteiger charge is -2.22. The van der Waals surface area contributed by atoms with E-state index in [1.807, 2.05) is 0 Å². The summed E-state index contributed by atoms with van der Waals surface area (Å²) in [5.74, 6) is -0.556. The highest BCUT2D eigenvalue weighted by atomic mass is 35.5. The van der Waals surface area contributed by atoms with Crippen LogP contribution < -0.4 is 15.4 Å². The molecule has 29 heavy (non-hydrogen) atoms. The quantitative estimate of drug-likeness (QED) is 0.525. The summed E-state index contributed by atoms with van der Waals surface area (Å²) in [5, 5.41) is 5.77. The zero-order valence-corrected chi connectivity index (χ0v) is 17.7. The lowest BCUT2D eigenvalue weighted by Crippen LogP contribution is -2.42. The van der Waals surface area contributed by atoms with Gasteiger partial charge in [-0.1, -0.05) is 46.9 Å². The molecule has 4 amide bonds. The van der Waals surface area contributed by atoms with Gasteiger partial charge < -0.3 is 15.4 Å². The number of hydrogen-bond acceptors (Lipinski definition) is 4. The number of carbonyl (C=O) groups is 3. The Hall–Kier alpha value is -2.48. The van der Waals surface area contributed by atoms with Gasteiger partial charge in [0.2, 0.25) is 5.91 Å². The fraction of sp³-hybridized carbons (Fsp3) is 0.211. The Morgan fingerprint density at radius 3 is 2.34 bits per heavy atom. The van der Waals surface area contributed by atoms with E-state index in [0.29, 0.717) is 11.3 Å². The smallest absolute Gasteiger partial charge is 0.325 e. The molecule has 0 aliphatic carbocycles. The number of imide groups is 1. The molecule has 0 aromatic heterocycles. The van der Waals surface area contributed by atoms with Crippen LogP contribution in [0.3, 0.4) is 0 Å². The summed E-state index contributed by atoms with van der Waals surface area (Å²) in [5.41, 5.74) is -0.520. The maximum absolute atomic E-state index is 12.9. The van der Waals surface area contributed by atoms with E-state index < -0.39 is 29.9 Å². The second-order valence-electron chi connectivity index (χ2n) is 6.47. The zero-order valence-electron chi connectivity index (χ0n) is 15.4. The Balaban J connectivity index is 1.76. The normalized spacial score (nSPS) is 18.6. The summed E-state index contributed by atoms with van der Waals surface area (Å²) in [4.78, 5) is 38.5. The summed E-state index contributed by atoms with van der Waals surface area (Å²) < 4.78 is 5.10. The van der Waals surface area contributed by atoms with Gasteiger partial charge in [0.05, 0.1) is 27.9 Å². The minimum Gasteiger partial charge on any atom is -0.497 e. The number of methoxy groups -OCH3 is 1. The minimum absolute atomic E-state index is 0.174. The summed E-state index contributed by atoms with van der Waals surface area (Å²) in [6.45, 7) is 1.08. The molecule has 1 heterocycles. The first-order valence-corrected chi connectivity index (χ1v) is 9.52. The average Bonchev–Trinajstić information content (AvgIpc) is 2.90. The van der Waals surface area contributed by atoms with Gasteiger partial charge in [0, 0.05) is 0 Å². The number of ether oxygens (including phenoxy) is 1. The van der Waals surface area contributed by atoms with Crippen LogP contribution in [0.5, 0.6) is 5.75 Å². The first kappa shape index (κ1) is 21.2. The van der Waals surface area contributed by atoms with Crippen LogP contribution in [-0.2, 0) is 15.1 Å². The summed E-state index contributed by atoms with van der Waals surface area (Å²) in [6, 6.07) is 8.81. The fourth-order valence-electron chi connectivity index (χ4n) is 2.91. The van der Waals surface area contributed by atoms with Crippen molar-refractivity contribution in [1.82, 2.24) is 10.2 Å². The molecule has 152 valence electrons. The molecule has 1 fully saturated rings. The van der Waals surface area contributed by atoms with Crippen LogP contribution in [0.25, 0.3) is 0 Å². The number of urea groups is 1. The van der Waals surface area contributed by atoms with E-state index in [-0.39, 0.29) is 20.8 Å². The lowest BCUT2D eigenvalue weighted by molar-refractivity contribution is -0.133. The van der Waals surface area contributed by atoms with Crippen molar-refractivity contribution in [3.8, 4) is 5.75 Å². The van der Waals surface area contributed by atoms with E-state index in [1.54, 1.807) is 31.2 Å². The highest BCUT2D eigenvalue weighted by Crippen LogP contribution is 2.33. The van der Waals surface area contributed by atoms with Gasteiger partial charge in [0.25, 0.3) is 5.91 Å². The van der Waals surface area contributed by atoms with Crippen LogP contribution >= 0.6 is 34.8 Å². The molecule has 0 saturated carbocycles. The molecule has 0 radical (unpaired) electrons. The molecule has 0 spiro atoms. The number of nitrogens with zero attached hydrogens (tertiary/aromatic N) is 1. The van der Waals surface area contributed by atoms with E-state index in [2.05, 4.69) is 10.6 Å². The van der Waals surface area contributed by atoms with Crippen LogP contribution in [0.2, 0.25) is 15.1 Å². The molecule has 3 rings (SSSR count). The first-order valence-electron chi connectivity index (χ1n) is 8.38. The molecule has 1 aliphatic rings. The molecule has 2 aromatic rings. The third kappa shape index (κ3) is 4.12. The van der Waals surface area contributed by atoms with Gasteiger partial charge in [-0.25, -0.2) is 4.79 Å². The molecule has 2 aromatic carbocycles. The summed E-state index contributed by atoms with van der Waals surface area (Å²) >= 11 is 17.8. The number of hydrogen-bond donors (Lipinski definition) is 2. The molecule has 1 saturated heterocycles. The van der Waals surface area contributed by atoms with Crippen LogP contribution in [0.4, 0.5) is 10.5 Å². The highest BCUT2D eigenvalue weighted by Gasteiger charge is 2.49. The number of anilines is 1. The number of nitrogens with one attached hydrogen (secondary N) is 2. The molecule has 1 aliphatic heterocycles. The molecule has 7 nitrogen and oxygen atoms in total. The van der Waals surface area contributed by atoms with Crippen LogP contribution in [0, 0.1) is 0 Å². The molecule has 10 heteroatoms. The Morgan fingerprint density at radius 1 is 1.10 bits per heavy atom. The van der Waals surface area contributed by atoms with Crippen molar-refractivity contribution in [2.45, 2.75) is 12.5 Å². The maximum Gasteiger partial charge on any atom is 0.325 e. The first-order chi connectivity index (χ1) is 13.7. The lowest BCUT2D eigenvalue weighted by atomic mass is 9.92. The van der Waals surface area contributed by atoms with Gasteiger partial charge in [0.1, 0.15) is 17.8 Å². The largest absolute Gasteiger partial charge is 0.497 e. The summed E-state index contributed by atoms with van der Waals surface area (Å²) in [7, 11) is 1.53. The van der Waals surface area contributed by atoms with Crippen molar-refractivity contribution in [1.29, 1.82) is 0 Å². The number of amides is 4. The molecule has 2 N–H and O–H groups in total. The standard InChI is InChI=1S/C19H16Cl3N3O4/c1-19(10-3-5-11(29-2)6-4-10)17(27)25(18(28)24-19)9-16(26)23-15-8-13(21)12(20)7-14(15)22/h3-8H,9H2,1-2H3,(H,23,26)(H,24,28)/t19-/m1/s1. The fourth-order valence-corrected chi connectivity index (χ4v) is 3.51. The van der Waals surface area contributed by atoms with E-state index in [1.165, 1.54) is 19.2 Å². The van der Waals surface area contributed by atoms with Gasteiger partial charge in [0.15, 0.2) is 0 Å². The monoisotopic (exact) mass is 455 g/mol. The topological polar surface area (TPSA) is 87.7 Å². The van der Waals surface area contributed by atoms with Gasteiger partial charge in [-0.05, 0) is 36.8 Å². The van der Waals surface area contributed by atoms with E-state index in [0.717, 1.165) is 4.90 Å². The third-order valence-corrected chi connectivity index (χ3v) is 5.56. The Morgan fingerprint density at radius 2 is 1.72 bits per heavy atom. The van der Waals surface area contributed by atoms with Gasteiger partial charge >= 0.3 is 6.03 Å². The van der Waals surface area contributed by atoms with E-state index in [4.69, 9.17) is 39.5 Å². The van der Waals surface area contributed by atoms with Crippen LogP contribution in [0.1, 0.15) is 12.5 Å². The van der Waals surface area contributed by atoms with Crippen LogP contribution in [-0.4, -0.2) is 36.4 Å². The predicted octanol–water partition coefficient (Wildman–Crippen LogP) is 4.06. The number of carbonyl (C=O) groups excluding carboxylic acids is 3. The maximum atomic E-state index is 12.9. The average molecular weight is 457 g/mol. The van der Waals surface area contributed by atoms with Crippen molar-refractivity contribution in [2.75, 3.05) is 19.0 Å². The van der Waals surface area contributed by atoms with E-state index in [9.17, 15) is 14.4 Å². The highest BCUT2D eigenvalue weighted by molar-refractivity contribution is 6.44. The molecule has 1 atom stereocenters. The van der Waals surface area contributed by atoms with Crippen molar-refractivity contribution in [3.63, 3.8) is 0 Å². The molecule has 0 bridgehead atoms. The van der Waals surface area contributed by atoms with Crippen molar-refractivity contribution >= 4 is 58.3 Å².